The molecule has 0 bridgehead atoms. The van der Waals surface area contributed by atoms with E-state index in [1.165, 1.54) is 24.8 Å². The van der Waals surface area contributed by atoms with Crippen LogP contribution in [0.15, 0.2) is 24.3 Å². The van der Waals surface area contributed by atoms with E-state index in [2.05, 4.69) is 24.4 Å². The molecule has 25 heavy (non-hydrogen) atoms. The maximum atomic E-state index is 11.7. The molecule has 0 aromatic heterocycles. The van der Waals surface area contributed by atoms with Crippen LogP contribution in [-0.4, -0.2) is 37.0 Å². The van der Waals surface area contributed by atoms with Gasteiger partial charge in [0.15, 0.2) is 0 Å². The second-order valence-corrected chi connectivity index (χ2v) is 7.29. The van der Waals surface area contributed by atoms with Gasteiger partial charge in [-0.2, -0.15) is 0 Å². The molecule has 0 spiro atoms. The summed E-state index contributed by atoms with van der Waals surface area (Å²) in [6.45, 7) is 4.18. The van der Waals surface area contributed by atoms with Crippen molar-refractivity contribution in [1.82, 2.24) is 5.32 Å². The molecule has 138 valence electrons. The molecule has 3 atom stereocenters. The number of hydrogen-bond donors (Lipinski definition) is 2. The Bertz CT molecular complexity index is 578. The first-order valence-electron chi connectivity index (χ1n) is 9.61. The molecule has 2 N–H and O–H groups in total. The average Bonchev–Trinajstić information content (AvgIpc) is 3.06. The number of hydrogen-bond acceptors (Lipinski definition) is 4. The number of nitrogens with zero attached hydrogens (tertiary/aromatic N) is 1. The lowest BCUT2D eigenvalue weighted by Gasteiger charge is -2.27. The summed E-state index contributed by atoms with van der Waals surface area (Å²) in [7, 11) is 0. The summed E-state index contributed by atoms with van der Waals surface area (Å²) >= 11 is 0. The Kier molecular flexibility index (Phi) is 6.32. The molecule has 1 aliphatic heterocycles. The zero-order chi connectivity index (χ0) is 17.6. The van der Waals surface area contributed by atoms with Gasteiger partial charge in [-0.1, -0.05) is 25.0 Å². The Labute approximate surface area is 150 Å². The minimum absolute atomic E-state index is 0.0944. The number of carbonyl (C=O) groups excluding carboxylic acids is 1. The molecule has 1 saturated carbocycles. The fourth-order valence-corrected chi connectivity index (χ4v) is 3.92. The van der Waals surface area contributed by atoms with Crippen LogP contribution in [0.5, 0.6) is 0 Å². The highest BCUT2D eigenvalue weighted by Crippen LogP contribution is 2.28. The summed E-state index contributed by atoms with van der Waals surface area (Å²) in [6.07, 6.45) is 6.41. The number of carbonyl (C=O) groups is 1. The Morgan fingerprint density at radius 1 is 1.36 bits per heavy atom. The number of rotatable bonds is 7. The highest BCUT2D eigenvalue weighted by atomic mass is 16.6. The lowest BCUT2D eigenvalue weighted by molar-refractivity contribution is 0.0642. The van der Waals surface area contributed by atoms with Gasteiger partial charge < -0.3 is 15.2 Å². The topological polar surface area (TPSA) is 61.8 Å². The number of anilines is 1. The quantitative estimate of drug-likeness (QED) is 0.740. The van der Waals surface area contributed by atoms with Gasteiger partial charge in [-0.15, -0.1) is 0 Å². The molecule has 1 aromatic rings. The van der Waals surface area contributed by atoms with Crippen molar-refractivity contribution in [2.24, 2.45) is 5.92 Å². The van der Waals surface area contributed by atoms with Crippen LogP contribution in [-0.2, 0) is 4.74 Å². The minimum atomic E-state index is -0.260. The van der Waals surface area contributed by atoms with E-state index >= 15 is 0 Å². The molecular weight excluding hydrogens is 316 g/mol. The Hall–Kier alpha value is -1.59. The van der Waals surface area contributed by atoms with Gasteiger partial charge in [0, 0.05) is 11.7 Å². The SMILES string of the molecule is CC(NCCCC1CCCCC1O)c1cccc(N2CCOC2=O)c1. The maximum absolute atomic E-state index is 11.7. The monoisotopic (exact) mass is 346 g/mol. The molecular formula is C20H30N2O3. The van der Waals surface area contributed by atoms with E-state index in [0.29, 0.717) is 19.1 Å². The molecule has 1 heterocycles. The molecule has 2 fully saturated rings. The van der Waals surface area contributed by atoms with Crippen LogP contribution >= 0.6 is 0 Å². The zero-order valence-electron chi connectivity index (χ0n) is 15.1. The first-order valence-corrected chi connectivity index (χ1v) is 9.61. The predicted octanol–water partition coefficient (Wildman–Crippen LogP) is 3.63. The fourth-order valence-electron chi connectivity index (χ4n) is 3.92. The van der Waals surface area contributed by atoms with E-state index in [4.69, 9.17) is 4.74 Å². The zero-order valence-corrected chi connectivity index (χ0v) is 15.1. The van der Waals surface area contributed by atoms with Gasteiger partial charge in [-0.05, 0) is 62.8 Å². The maximum Gasteiger partial charge on any atom is 0.414 e. The molecule has 5 heteroatoms. The van der Waals surface area contributed by atoms with Gasteiger partial charge >= 0.3 is 6.09 Å². The lowest BCUT2D eigenvalue weighted by atomic mass is 9.83. The third kappa shape index (κ3) is 4.73. The summed E-state index contributed by atoms with van der Waals surface area (Å²) in [4.78, 5) is 13.4. The van der Waals surface area contributed by atoms with Crippen LogP contribution in [0.3, 0.4) is 0 Å². The number of aliphatic hydroxyl groups is 1. The average molecular weight is 346 g/mol. The van der Waals surface area contributed by atoms with Crippen LogP contribution in [0.4, 0.5) is 10.5 Å². The Morgan fingerprint density at radius 2 is 2.20 bits per heavy atom. The molecule has 2 aliphatic rings. The van der Waals surface area contributed by atoms with Gasteiger partial charge in [-0.25, -0.2) is 4.79 Å². The minimum Gasteiger partial charge on any atom is -0.447 e. The van der Waals surface area contributed by atoms with Gasteiger partial charge in [0.1, 0.15) is 6.61 Å². The largest absolute Gasteiger partial charge is 0.447 e. The van der Waals surface area contributed by atoms with Crippen molar-refractivity contribution >= 4 is 11.8 Å². The van der Waals surface area contributed by atoms with Gasteiger partial charge in [-0.3, -0.25) is 4.90 Å². The summed E-state index contributed by atoms with van der Waals surface area (Å²) in [5.41, 5.74) is 2.08. The summed E-state index contributed by atoms with van der Waals surface area (Å²) in [6, 6.07) is 8.33. The number of cyclic esters (lactones) is 1. The molecule has 0 radical (unpaired) electrons. The van der Waals surface area contributed by atoms with Crippen molar-refractivity contribution in [2.45, 2.75) is 57.6 Å². The van der Waals surface area contributed by atoms with E-state index in [-0.39, 0.29) is 18.2 Å². The summed E-state index contributed by atoms with van der Waals surface area (Å²) in [5, 5.41) is 13.6. The van der Waals surface area contributed by atoms with Crippen molar-refractivity contribution < 1.29 is 14.6 Å². The molecule has 1 saturated heterocycles. The lowest BCUT2D eigenvalue weighted by Crippen LogP contribution is -2.26. The van der Waals surface area contributed by atoms with Crippen LogP contribution in [0, 0.1) is 5.92 Å². The van der Waals surface area contributed by atoms with Crippen LogP contribution in [0.2, 0.25) is 0 Å². The summed E-state index contributed by atoms with van der Waals surface area (Å²) in [5.74, 6) is 0.482. The second kappa shape index (κ2) is 8.68. The highest BCUT2D eigenvalue weighted by molar-refractivity contribution is 5.89. The molecule has 3 unspecified atom stereocenters. The standard InChI is InChI=1S/C20H30N2O3/c1-15(21-11-5-8-16-6-2-3-10-19(16)23)17-7-4-9-18(14-17)22-12-13-25-20(22)24/h4,7,9,14-16,19,21,23H,2-3,5-6,8,10-13H2,1H3. The predicted molar refractivity (Wildman–Crippen MR) is 98.8 cm³/mol. The van der Waals surface area contributed by atoms with Gasteiger partial charge in [0.05, 0.1) is 12.6 Å². The first-order chi connectivity index (χ1) is 12.1. The normalized spacial score (nSPS) is 25.0. The fraction of sp³-hybridized carbons (Fsp3) is 0.650. The van der Waals surface area contributed by atoms with E-state index < -0.39 is 0 Å². The van der Waals surface area contributed by atoms with E-state index in [1.54, 1.807) is 4.90 Å². The number of benzene rings is 1. The van der Waals surface area contributed by atoms with E-state index in [9.17, 15) is 9.90 Å². The van der Waals surface area contributed by atoms with Crippen molar-refractivity contribution in [3.63, 3.8) is 0 Å². The number of nitrogens with one attached hydrogen (secondary N) is 1. The molecule has 1 aromatic carbocycles. The summed E-state index contributed by atoms with van der Waals surface area (Å²) < 4.78 is 5.02. The molecule has 1 amide bonds. The second-order valence-electron chi connectivity index (χ2n) is 7.29. The first kappa shape index (κ1) is 18.2. The third-order valence-corrected chi connectivity index (χ3v) is 5.51. The third-order valence-electron chi connectivity index (χ3n) is 5.51. The number of aliphatic hydroxyl groups excluding tert-OH is 1. The van der Waals surface area contributed by atoms with Gasteiger partial charge in [0.2, 0.25) is 0 Å². The number of amides is 1. The van der Waals surface area contributed by atoms with Crippen molar-refractivity contribution in [1.29, 1.82) is 0 Å². The van der Waals surface area contributed by atoms with Crippen molar-refractivity contribution in [3.05, 3.63) is 29.8 Å². The smallest absolute Gasteiger partial charge is 0.414 e. The Morgan fingerprint density at radius 3 is 2.96 bits per heavy atom. The van der Waals surface area contributed by atoms with Gasteiger partial charge in [0.25, 0.3) is 0 Å². The van der Waals surface area contributed by atoms with Crippen molar-refractivity contribution in [3.8, 4) is 0 Å². The van der Waals surface area contributed by atoms with Crippen LogP contribution in [0.25, 0.3) is 0 Å². The molecule has 3 rings (SSSR count). The molecule has 1 aliphatic carbocycles. The molecule has 5 nitrogen and oxygen atoms in total. The van der Waals surface area contributed by atoms with E-state index in [1.807, 2.05) is 12.1 Å². The van der Waals surface area contributed by atoms with Crippen LogP contribution < -0.4 is 10.2 Å². The van der Waals surface area contributed by atoms with E-state index in [0.717, 1.165) is 31.5 Å². The van der Waals surface area contributed by atoms with Crippen LogP contribution in [0.1, 0.15) is 57.1 Å². The van der Waals surface area contributed by atoms with Crippen molar-refractivity contribution in [2.75, 3.05) is 24.6 Å². The number of ether oxygens (including phenoxy) is 1. The highest BCUT2D eigenvalue weighted by Gasteiger charge is 2.24. The Balaban J connectivity index is 1.46.